The number of aromatic hydroxyl groups is 1. The Morgan fingerprint density at radius 2 is 1.95 bits per heavy atom. The van der Waals surface area contributed by atoms with Crippen molar-refractivity contribution in [2.75, 3.05) is 5.32 Å². The van der Waals surface area contributed by atoms with Crippen LogP contribution < -0.4 is 5.32 Å². The van der Waals surface area contributed by atoms with Crippen molar-refractivity contribution in [3.05, 3.63) is 51.1 Å². The molecule has 0 aliphatic heterocycles. The molecule has 1 amide bonds. The maximum atomic E-state index is 10.9. The summed E-state index contributed by atoms with van der Waals surface area (Å²) in [5.41, 5.74) is 3.24. The van der Waals surface area contributed by atoms with Gasteiger partial charge in [0.2, 0.25) is 5.91 Å². The van der Waals surface area contributed by atoms with Gasteiger partial charge < -0.3 is 10.4 Å². The Balaban J connectivity index is 2.20. The van der Waals surface area contributed by atoms with Gasteiger partial charge in [0, 0.05) is 24.4 Å². The molecule has 21 heavy (non-hydrogen) atoms. The lowest BCUT2D eigenvalue weighted by Gasteiger charge is -2.04. The number of amides is 1. The molecule has 0 saturated carbocycles. The fraction of sp³-hybridized carbons (Fsp3) is 0.125. The molecule has 0 heterocycles. The average Bonchev–Trinajstić information content (AvgIpc) is 2.42. The number of anilines is 1. The lowest BCUT2D eigenvalue weighted by Crippen LogP contribution is -2.04. The van der Waals surface area contributed by atoms with Gasteiger partial charge >= 0.3 is 0 Å². The van der Waals surface area contributed by atoms with Crippen LogP contribution in [0.1, 0.15) is 18.1 Å². The molecule has 0 bridgehead atoms. The van der Waals surface area contributed by atoms with Crippen LogP contribution in [-0.4, -0.2) is 17.2 Å². The van der Waals surface area contributed by atoms with E-state index in [4.69, 9.17) is 0 Å². The number of halogens is 1. The highest BCUT2D eigenvalue weighted by Gasteiger charge is 2.04. The molecular weight excluding hydrogens is 379 g/mol. The topological polar surface area (TPSA) is 61.7 Å². The van der Waals surface area contributed by atoms with Crippen molar-refractivity contribution in [3.63, 3.8) is 0 Å². The molecule has 0 aliphatic carbocycles. The van der Waals surface area contributed by atoms with Gasteiger partial charge in [-0.25, -0.2) is 0 Å². The third-order valence-corrected chi connectivity index (χ3v) is 3.60. The Morgan fingerprint density at radius 1 is 1.29 bits per heavy atom. The van der Waals surface area contributed by atoms with Gasteiger partial charge in [0.1, 0.15) is 5.75 Å². The van der Waals surface area contributed by atoms with Crippen LogP contribution in [0.4, 0.5) is 11.4 Å². The summed E-state index contributed by atoms with van der Waals surface area (Å²) in [6.45, 7) is 3.44. The van der Waals surface area contributed by atoms with E-state index in [1.54, 1.807) is 30.5 Å². The molecule has 0 atom stereocenters. The van der Waals surface area contributed by atoms with E-state index in [1.165, 1.54) is 6.92 Å². The molecule has 5 heteroatoms. The number of hydrogen-bond acceptors (Lipinski definition) is 3. The maximum absolute atomic E-state index is 10.9. The number of aliphatic imine (C=N–C) groups is 1. The number of nitrogens with zero attached hydrogens (tertiary/aromatic N) is 1. The molecule has 0 aromatic heterocycles. The van der Waals surface area contributed by atoms with Crippen molar-refractivity contribution in [2.45, 2.75) is 13.8 Å². The number of hydrogen-bond donors (Lipinski definition) is 2. The summed E-state index contributed by atoms with van der Waals surface area (Å²) in [7, 11) is 0. The van der Waals surface area contributed by atoms with E-state index in [0.717, 1.165) is 20.5 Å². The summed E-state index contributed by atoms with van der Waals surface area (Å²) in [6, 6.07) is 11.0. The molecular formula is C16H15IN2O2. The van der Waals surface area contributed by atoms with Crippen LogP contribution in [0.3, 0.4) is 0 Å². The predicted octanol–water partition coefficient (Wildman–Crippen LogP) is 4.01. The van der Waals surface area contributed by atoms with Gasteiger partial charge in [-0.2, -0.15) is 0 Å². The Bertz CT molecular complexity index is 694. The van der Waals surface area contributed by atoms with Crippen LogP contribution in [0, 0.1) is 10.5 Å². The molecule has 0 aliphatic rings. The van der Waals surface area contributed by atoms with Crippen molar-refractivity contribution < 1.29 is 9.90 Å². The van der Waals surface area contributed by atoms with Crippen LogP contribution in [0.5, 0.6) is 5.75 Å². The van der Waals surface area contributed by atoms with Gasteiger partial charge in [0.25, 0.3) is 0 Å². The summed E-state index contributed by atoms with van der Waals surface area (Å²) >= 11 is 2.09. The third-order valence-electron chi connectivity index (χ3n) is 2.78. The van der Waals surface area contributed by atoms with E-state index < -0.39 is 0 Å². The van der Waals surface area contributed by atoms with E-state index in [9.17, 15) is 9.90 Å². The number of phenolic OH excluding ortho intramolecular Hbond substituents is 1. The lowest BCUT2D eigenvalue weighted by molar-refractivity contribution is -0.114. The first-order valence-electron chi connectivity index (χ1n) is 6.36. The van der Waals surface area contributed by atoms with Crippen LogP contribution in [0.15, 0.2) is 41.4 Å². The summed E-state index contributed by atoms with van der Waals surface area (Å²) in [4.78, 5) is 15.3. The van der Waals surface area contributed by atoms with Crippen LogP contribution in [0.25, 0.3) is 0 Å². The van der Waals surface area contributed by atoms with E-state index >= 15 is 0 Å². The molecule has 0 unspecified atom stereocenters. The van der Waals surface area contributed by atoms with Crippen molar-refractivity contribution in [3.8, 4) is 5.75 Å². The van der Waals surface area contributed by atoms with Gasteiger partial charge in [0.05, 0.1) is 9.26 Å². The van der Waals surface area contributed by atoms with Gasteiger partial charge in [-0.15, -0.1) is 0 Å². The number of carbonyl (C=O) groups excluding carboxylic acids is 1. The molecule has 2 rings (SSSR count). The normalized spacial score (nSPS) is 10.8. The van der Waals surface area contributed by atoms with E-state index in [1.807, 2.05) is 19.1 Å². The van der Waals surface area contributed by atoms with E-state index in [0.29, 0.717) is 5.56 Å². The standard InChI is InChI=1S/C16H15IN2O2/c1-10-7-12(16(21)15(17)8-10)9-18-13-3-5-14(6-4-13)19-11(2)20/h3-9,21H,1-2H3,(H,19,20). The molecule has 0 saturated heterocycles. The number of benzene rings is 2. The van der Waals surface area contributed by atoms with Crippen LogP contribution in [0.2, 0.25) is 0 Å². The monoisotopic (exact) mass is 394 g/mol. The van der Waals surface area contributed by atoms with Crippen molar-refractivity contribution in [2.24, 2.45) is 4.99 Å². The number of rotatable bonds is 3. The minimum Gasteiger partial charge on any atom is -0.506 e. The van der Waals surface area contributed by atoms with Crippen molar-refractivity contribution in [1.82, 2.24) is 0 Å². The Hall–Kier alpha value is -1.89. The highest BCUT2D eigenvalue weighted by Crippen LogP contribution is 2.25. The van der Waals surface area contributed by atoms with Crippen molar-refractivity contribution >= 4 is 46.1 Å². The predicted molar refractivity (Wildman–Crippen MR) is 93.6 cm³/mol. The fourth-order valence-electron chi connectivity index (χ4n) is 1.84. The Kier molecular flexibility index (Phi) is 4.95. The van der Waals surface area contributed by atoms with Gasteiger partial charge in [0.15, 0.2) is 0 Å². The van der Waals surface area contributed by atoms with E-state index in [2.05, 4.69) is 32.9 Å². The van der Waals surface area contributed by atoms with E-state index in [-0.39, 0.29) is 11.7 Å². The van der Waals surface area contributed by atoms with Gasteiger partial charge in [-0.3, -0.25) is 9.79 Å². The van der Waals surface area contributed by atoms with Crippen LogP contribution in [-0.2, 0) is 4.79 Å². The molecule has 0 spiro atoms. The summed E-state index contributed by atoms with van der Waals surface area (Å²) in [5, 5.41) is 12.7. The second-order valence-electron chi connectivity index (χ2n) is 4.67. The summed E-state index contributed by atoms with van der Waals surface area (Å²) < 4.78 is 0.801. The lowest BCUT2D eigenvalue weighted by atomic mass is 10.1. The molecule has 2 aromatic rings. The smallest absolute Gasteiger partial charge is 0.221 e. The van der Waals surface area contributed by atoms with Gasteiger partial charge in [-0.05, 0) is 71.5 Å². The summed E-state index contributed by atoms with van der Waals surface area (Å²) in [5.74, 6) is 0.130. The minimum absolute atomic E-state index is 0.106. The number of nitrogens with one attached hydrogen (secondary N) is 1. The minimum atomic E-state index is -0.106. The number of carbonyl (C=O) groups is 1. The quantitative estimate of drug-likeness (QED) is 0.611. The first kappa shape index (κ1) is 15.5. The zero-order valence-electron chi connectivity index (χ0n) is 11.7. The van der Waals surface area contributed by atoms with Gasteiger partial charge in [-0.1, -0.05) is 0 Å². The highest BCUT2D eigenvalue weighted by atomic mass is 127. The molecule has 0 fully saturated rings. The number of phenols is 1. The molecule has 108 valence electrons. The molecule has 2 aromatic carbocycles. The first-order chi connectivity index (χ1) is 9.95. The average molecular weight is 394 g/mol. The second-order valence-corrected chi connectivity index (χ2v) is 5.83. The Morgan fingerprint density at radius 3 is 2.57 bits per heavy atom. The molecule has 0 radical (unpaired) electrons. The fourth-order valence-corrected chi connectivity index (χ4v) is 2.64. The third kappa shape index (κ3) is 4.29. The largest absolute Gasteiger partial charge is 0.506 e. The zero-order chi connectivity index (χ0) is 15.4. The summed E-state index contributed by atoms with van der Waals surface area (Å²) in [6.07, 6.45) is 1.64. The van der Waals surface area contributed by atoms with Crippen molar-refractivity contribution in [1.29, 1.82) is 0 Å². The zero-order valence-corrected chi connectivity index (χ0v) is 13.9. The molecule has 4 nitrogen and oxygen atoms in total. The highest BCUT2D eigenvalue weighted by molar-refractivity contribution is 14.1. The Labute approximate surface area is 137 Å². The number of aryl methyl sites for hydroxylation is 1. The first-order valence-corrected chi connectivity index (χ1v) is 7.44. The second kappa shape index (κ2) is 6.71. The maximum Gasteiger partial charge on any atom is 0.221 e. The van der Waals surface area contributed by atoms with Crippen LogP contribution >= 0.6 is 22.6 Å². The SMILES string of the molecule is CC(=O)Nc1ccc(N=Cc2cc(C)cc(I)c2O)cc1. The molecule has 2 N–H and O–H groups in total.